The monoisotopic (exact) mass is 269 g/mol. The van der Waals surface area contributed by atoms with Gasteiger partial charge in [-0.1, -0.05) is 42.4 Å². The highest BCUT2D eigenvalue weighted by Crippen LogP contribution is 2.38. The third-order valence-electron chi connectivity index (χ3n) is 3.11. The number of hydrogen-bond acceptors (Lipinski definition) is 3. The summed E-state index contributed by atoms with van der Waals surface area (Å²) in [7, 11) is 0. The zero-order chi connectivity index (χ0) is 13.2. The summed E-state index contributed by atoms with van der Waals surface area (Å²) in [4.78, 5) is 1.23. The molecular weight excluding hydrogens is 254 g/mol. The van der Waals surface area contributed by atoms with E-state index < -0.39 is 0 Å². The number of aromatic nitrogens is 1. The molecule has 3 rings (SSSR count). The number of thiophene rings is 1. The van der Waals surface area contributed by atoms with Crippen LogP contribution in [0.15, 0.2) is 46.3 Å². The lowest BCUT2D eigenvalue weighted by atomic mass is 10.0. The predicted molar refractivity (Wildman–Crippen MR) is 79.4 cm³/mol. The second-order valence-corrected chi connectivity index (χ2v) is 5.45. The largest absolute Gasteiger partial charge is 0.355 e. The van der Waals surface area contributed by atoms with Crippen LogP contribution in [0.4, 0.5) is 0 Å². The lowest BCUT2D eigenvalue weighted by Crippen LogP contribution is -1.84. The second kappa shape index (κ2) is 5.02. The predicted octanol–water partition coefficient (Wildman–Crippen LogP) is 4.94. The standard InChI is InChI=1S/C16H15NOS/c1-3-13-15(14-9-11(2)10-19-14)16(18-17-13)12-7-5-4-6-8-12/h4-10H,3H2,1-2H3. The summed E-state index contributed by atoms with van der Waals surface area (Å²) in [5.41, 5.74) is 4.53. The molecule has 0 saturated heterocycles. The van der Waals surface area contributed by atoms with Crippen molar-refractivity contribution in [3.8, 4) is 21.8 Å². The first kappa shape index (κ1) is 12.2. The van der Waals surface area contributed by atoms with E-state index >= 15 is 0 Å². The molecule has 2 heterocycles. The van der Waals surface area contributed by atoms with E-state index in [1.54, 1.807) is 11.3 Å². The zero-order valence-corrected chi connectivity index (χ0v) is 11.8. The Labute approximate surface area is 116 Å². The van der Waals surface area contributed by atoms with E-state index in [1.807, 2.05) is 18.2 Å². The van der Waals surface area contributed by atoms with Crippen LogP contribution in [0.3, 0.4) is 0 Å². The third-order valence-corrected chi connectivity index (χ3v) is 4.18. The molecule has 0 aliphatic heterocycles. The van der Waals surface area contributed by atoms with Crippen molar-refractivity contribution in [1.29, 1.82) is 0 Å². The van der Waals surface area contributed by atoms with Crippen LogP contribution in [-0.2, 0) is 6.42 Å². The molecule has 0 radical (unpaired) electrons. The average molecular weight is 269 g/mol. The summed E-state index contributed by atoms with van der Waals surface area (Å²) in [6, 6.07) is 12.4. The van der Waals surface area contributed by atoms with Crippen molar-refractivity contribution in [3.05, 3.63) is 53.0 Å². The molecule has 0 amide bonds. The molecule has 0 atom stereocenters. The maximum Gasteiger partial charge on any atom is 0.175 e. The molecule has 0 N–H and O–H groups in total. The molecule has 2 aromatic heterocycles. The van der Waals surface area contributed by atoms with Crippen LogP contribution in [0, 0.1) is 6.92 Å². The lowest BCUT2D eigenvalue weighted by Gasteiger charge is -2.00. The average Bonchev–Trinajstić information content (AvgIpc) is 3.05. The number of nitrogens with zero attached hydrogens (tertiary/aromatic N) is 1. The van der Waals surface area contributed by atoms with Crippen molar-refractivity contribution in [3.63, 3.8) is 0 Å². The van der Waals surface area contributed by atoms with E-state index in [4.69, 9.17) is 4.52 Å². The molecule has 96 valence electrons. The van der Waals surface area contributed by atoms with E-state index in [0.717, 1.165) is 29.0 Å². The first-order valence-corrected chi connectivity index (χ1v) is 7.27. The number of benzene rings is 1. The van der Waals surface area contributed by atoms with Gasteiger partial charge in [-0.05, 0) is 30.4 Å². The zero-order valence-electron chi connectivity index (χ0n) is 11.0. The number of hydrogen-bond donors (Lipinski definition) is 0. The van der Waals surface area contributed by atoms with Gasteiger partial charge in [0.05, 0.1) is 11.3 Å². The third kappa shape index (κ3) is 2.22. The summed E-state index contributed by atoms with van der Waals surface area (Å²) in [5, 5.41) is 6.39. The van der Waals surface area contributed by atoms with E-state index in [-0.39, 0.29) is 0 Å². The lowest BCUT2D eigenvalue weighted by molar-refractivity contribution is 0.424. The van der Waals surface area contributed by atoms with E-state index in [0.29, 0.717) is 0 Å². The van der Waals surface area contributed by atoms with E-state index in [9.17, 15) is 0 Å². The van der Waals surface area contributed by atoms with Gasteiger partial charge in [-0.2, -0.15) is 0 Å². The van der Waals surface area contributed by atoms with Gasteiger partial charge in [-0.15, -0.1) is 11.3 Å². The molecule has 3 aromatic rings. The molecule has 0 fully saturated rings. The molecule has 0 unspecified atom stereocenters. The van der Waals surface area contributed by atoms with Crippen LogP contribution in [0.1, 0.15) is 18.2 Å². The number of aryl methyl sites for hydroxylation is 2. The maximum absolute atomic E-state index is 5.59. The van der Waals surface area contributed by atoms with Gasteiger partial charge in [-0.3, -0.25) is 0 Å². The van der Waals surface area contributed by atoms with Crippen LogP contribution >= 0.6 is 11.3 Å². The molecule has 0 saturated carbocycles. The Kier molecular flexibility index (Phi) is 3.22. The molecule has 1 aromatic carbocycles. The summed E-state index contributed by atoms with van der Waals surface area (Å²) >= 11 is 1.75. The van der Waals surface area contributed by atoms with Crippen LogP contribution in [0.2, 0.25) is 0 Å². The van der Waals surface area contributed by atoms with Gasteiger partial charge >= 0.3 is 0 Å². The van der Waals surface area contributed by atoms with Crippen LogP contribution in [-0.4, -0.2) is 5.16 Å². The van der Waals surface area contributed by atoms with Gasteiger partial charge in [0.1, 0.15) is 0 Å². The van der Waals surface area contributed by atoms with Gasteiger partial charge in [0.2, 0.25) is 0 Å². The Bertz CT molecular complexity index is 682. The fourth-order valence-electron chi connectivity index (χ4n) is 2.17. The van der Waals surface area contributed by atoms with Crippen molar-refractivity contribution in [2.45, 2.75) is 20.3 Å². The van der Waals surface area contributed by atoms with Crippen LogP contribution in [0.25, 0.3) is 21.8 Å². The summed E-state index contributed by atoms with van der Waals surface area (Å²) in [5.74, 6) is 0.874. The SMILES string of the molecule is CCc1noc(-c2ccccc2)c1-c1cc(C)cs1. The smallest absolute Gasteiger partial charge is 0.175 e. The Balaban J connectivity index is 2.19. The van der Waals surface area contributed by atoms with Crippen molar-refractivity contribution in [1.82, 2.24) is 5.16 Å². The second-order valence-electron chi connectivity index (χ2n) is 4.54. The Morgan fingerprint density at radius 2 is 2.00 bits per heavy atom. The topological polar surface area (TPSA) is 26.0 Å². The summed E-state index contributed by atoms with van der Waals surface area (Å²) in [6.07, 6.45) is 0.878. The van der Waals surface area contributed by atoms with E-state index in [1.165, 1.54) is 10.4 Å². The van der Waals surface area contributed by atoms with E-state index in [2.05, 4.69) is 42.6 Å². The minimum Gasteiger partial charge on any atom is -0.355 e. The molecule has 0 aliphatic carbocycles. The van der Waals surface area contributed by atoms with Gasteiger partial charge in [0.25, 0.3) is 0 Å². The van der Waals surface area contributed by atoms with Crippen LogP contribution < -0.4 is 0 Å². The molecule has 19 heavy (non-hydrogen) atoms. The van der Waals surface area contributed by atoms with Crippen molar-refractivity contribution in [2.24, 2.45) is 0 Å². The fourth-order valence-corrected chi connectivity index (χ4v) is 3.13. The fraction of sp³-hybridized carbons (Fsp3) is 0.188. The molecule has 0 spiro atoms. The van der Waals surface area contributed by atoms with Crippen molar-refractivity contribution < 1.29 is 4.52 Å². The summed E-state index contributed by atoms with van der Waals surface area (Å²) in [6.45, 7) is 4.22. The molecule has 3 heteroatoms. The Morgan fingerprint density at radius 1 is 1.21 bits per heavy atom. The first-order chi connectivity index (χ1) is 9.29. The first-order valence-electron chi connectivity index (χ1n) is 6.39. The minimum absolute atomic E-state index is 0.874. The quantitative estimate of drug-likeness (QED) is 0.673. The highest BCUT2D eigenvalue weighted by atomic mass is 32.1. The molecule has 0 aliphatic rings. The molecular formula is C16H15NOS. The maximum atomic E-state index is 5.59. The van der Waals surface area contributed by atoms with Crippen LogP contribution in [0.5, 0.6) is 0 Å². The van der Waals surface area contributed by atoms with Gasteiger partial charge in [0, 0.05) is 10.4 Å². The van der Waals surface area contributed by atoms with Gasteiger partial charge < -0.3 is 4.52 Å². The Hall–Kier alpha value is -1.87. The summed E-state index contributed by atoms with van der Waals surface area (Å²) < 4.78 is 5.59. The normalized spacial score (nSPS) is 10.8. The highest BCUT2D eigenvalue weighted by Gasteiger charge is 2.19. The van der Waals surface area contributed by atoms with Crippen molar-refractivity contribution >= 4 is 11.3 Å². The number of rotatable bonds is 3. The highest BCUT2D eigenvalue weighted by molar-refractivity contribution is 7.13. The van der Waals surface area contributed by atoms with Crippen molar-refractivity contribution in [2.75, 3.05) is 0 Å². The Morgan fingerprint density at radius 3 is 2.63 bits per heavy atom. The molecule has 0 bridgehead atoms. The van der Waals surface area contributed by atoms with Gasteiger partial charge in [-0.25, -0.2) is 0 Å². The minimum atomic E-state index is 0.874. The molecule has 2 nitrogen and oxygen atoms in total. The van der Waals surface area contributed by atoms with Gasteiger partial charge in [0.15, 0.2) is 5.76 Å².